The Kier molecular flexibility index (Phi) is 5.40. The first-order valence-electron chi connectivity index (χ1n) is 6.66. The van der Waals surface area contributed by atoms with Crippen molar-refractivity contribution in [3.8, 4) is 0 Å². The molecule has 2 atom stereocenters. The van der Waals surface area contributed by atoms with E-state index in [4.69, 9.17) is 5.73 Å². The van der Waals surface area contributed by atoms with Gasteiger partial charge in [0.25, 0.3) is 0 Å². The van der Waals surface area contributed by atoms with E-state index in [-0.39, 0.29) is 11.4 Å². The summed E-state index contributed by atoms with van der Waals surface area (Å²) in [7, 11) is 3.96. The second-order valence-electron chi connectivity index (χ2n) is 5.61. The van der Waals surface area contributed by atoms with Gasteiger partial charge in [-0.05, 0) is 32.9 Å². The summed E-state index contributed by atoms with van der Waals surface area (Å²) in [5, 5.41) is 3.20. The Hall–Kier alpha value is -0.610. The molecule has 1 aliphatic carbocycles. The summed E-state index contributed by atoms with van der Waals surface area (Å²) in [5.74, 6) is 0.627. The van der Waals surface area contributed by atoms with E-state index in [0.29, 0.717) is 18.9 Å². The number of hydrogen-bond donors (Lipinski definition) is 2. The minimum absolute atomic E-state index is 0.137. The highest BCUT2D eigenvalue weighted by molar-refractivity contribution is 5.77. The normalized spacial score (nSPS) is 29.4. The van der Waals surface area contributed by atoms with Gasteiger partial charge in [0.1, 0.15) is 0 Å². The van der Waals surface area contributed by atoms with Gasteiger partial charge in [-0.1, -0.05) is 19.8 Å². The first-order valence-corrected chi connectivity index (χ1v) is 6.66. The van der Waals surface area contributed by atoms with Crippen molar-refractivity contribution in [2.45, 2.75) is 44.6 Å². The molecule has 2 unspecified atom stereocenters. The molecule has 1 saturated carbocycles. The average molecular weight is 241 g/mol. The molecule has 0 aromatic rings. The van der Waals surface area contributed by atoms with Gasteiger partial charge < -0.3 is 16.0 Å². The molecule has 0 heterocycles. The average Bonchev–Trinajstić information content (AvgIpc) is 2.30. The van der Waals surface area contributed by atoms with Crippen LogP contribution < -0.4 is 11.1 Å². The van der Waals surface area contributed by atoms with E-state index in [2.05, 4.69) is 12.2 Å². The van der Waals surface area contributed by atoms with Gasteiger partial charge in [0.05, 0.1) is 5.54 Å². The topological polar surface area (TPSA) is 58.4 Å². The number of carbonyl (C=O) groups is 1. The highest BCUT2D eigenvalue weighted by Crippen LogP contribution is 2.32. The molecule has 0 aliphatic heterocycles. The summed E-state index contributed by atoms with van der Waals surface area (Å²) >= 11 is 0. The number of nitrogens with one attached hydrogen (secondary N) is 1. The maximum absolute atomic E-state index is 11.9. The zero-order valence-electron chi connectivity index (χ0n) is 11.5. The molecular formula is C13H27N3O. The predicted molar refractivity (Wildman–Crippen MR) is 70.7 cm³/mol. The number of nitrogens with zero attached hydrogens (tertiary/aromatic N) is 1. The molecule has 17 heavy (non-hydrogen) atoms. The molecule has 3 N–H and O–H groups in total. The third-order valence-corrected chi connectivity index (χ3v) is 3.99. The molecule has 0 radical (unpaired) electrons. The van der Waals surface area contributed by atoms with Crippen LogP contribution in [0.2, 0.25) is 0 Å². The van der Waals surface area contributed by atoms with Gasteiger partial charge in [-0.2, -0.15) is 0 Å². The van der Waals surface area contributed by atoms with Crippen molar-refractivity contribution < 1.29 is 4.79 Å². The standard InChI is InChI=1S/C13H27N3O/c1-11-6-4-5-8-13(11,10-14)15-12(17)7-9-16(2)3/h11H,4-10,14H2,1-3H3,(H,15,17). The maximum atomic E-state index is 11.9. The molecule has 4 heteroatoms. The number of nitrogens with two attached hydrogens (primary N) is 1. The lowest BCUT2D eigenvalue weighted by atomic mass is 9.73. The highest BCUT2D eigenvalue weighted by Gasteiger charge is 2.37. The lowest BCUT2D eigenvalue weighted by Gasteiger charge is -2.42. The van der Waals surface area contributed by atoms with E-state index < -0.39 is 0 Å². The van der Waals surface area contributed by atoms with Crippen LogP contribution in [0.4, 0.5) is 0 Å². The van der Waals surface area contributed by atoms with Gasteiger partial charge in [-0.15, -0.1) is 0 Å². The van der Waals surface area contributed by atoms with E-state index in [9.17, 15) is 4.79 Å². The van der Waals surface area contributed by atoms with Crippen LogP contribution in [0.15, 0.2) is 0 Å². The summed E-state index contributed by atoms with van der Waals surface area (Å²) in [4.78, 5) is 14.0. The monoisotopic (exact) mass is 241 g/mol. The molecule has 0 aromatic heterocycles. The molecule has 1 aliphatic rings. The zero-order valence-corrected chi connectivity index (χ0v) is 11.5. The molecule has 0 saturated heterocycles. The lowest BCUT2D eigenvalue weighted by Crippen LogP contribution is -2.59. The number of rotatable bonds is 5. The SMILES string of the molecule is CC1CCCCC1(CN)NC(=O)CCN(C)C. The van der Waals surface area contributed by atoms with Crippen LogP contribution in [0.5, 0.6) is 0 Å². The fraction of sp³-hybridized carbons (Fsp3) is 0.923. The minimum Gasteiger partial charge on any atom is -0.349 e. The van der Waals surface area contributed by atoms with Crippen LogP contribution in [0.1, 0.15) is 39.0 Å². The maximum Gasteiger partial charge on any atom is 0.221 e. The molecule has 0 spiro atoms. The summed E-state index contributed by atoms with van der Waals surface area (Å²) < 4.78 is 0. The molecule has 0 bridgehead atoms. The Morgan fingerprint density at radius 2 is 2.18 bits per heavy atom. The summed E-state index contributed by atoms with van der Waals surface area (Å²) in [6, 6.07) is 0. The summed E-state index contributed by atoms with van der Waals surface area (Å²) in [6.45, 7) is 3.56. The number of amides is 1. The minimum atomic E-state index is -0.151. The molecule has 0 aromatic carbocycles. The van der Waals surface area contributed by atoms with Crippen LogP contribution in [-0.4, -0.2) is 43.5 Å². The number of hydrogen-bond acceptors (Lipinski definition) is 3. The van der Waals surface area contributed by atoms with Gasteiger partial charge in [0.2, 0.25) is 5.91 Å². The molecule has 1 fully saturated rings. The third kappa shape index (κ3) is 3.96. The smallest absolute Gasteiger partial charge is 0.221 e. The first-order chi connectivity index (χ1) is 8.00. The second-order valence-corrected chi connectivity index (χ2v) is 5.61. The van der Waals surface area contributed by atoms with Crippen molar-refractivity contribution in [1.82, 2.24) is 10.2 Å². The number of carbonyl (C=O) groups excluding carboxylic acids is 1. The first kappa shape index (κ1) is 14.5. The van der Waals surface area contributed by atoms with Gasteiger partial charge in [-0.25, -0.2) is 0 Å². The van der Waals surface area contributed by atoms with Crippen molar-refractivity contribution in [3.05, 3.63) is 0 Å². The van der Waals surface area contributed by atoms with Crippen LogP contribution in [0.25, 0.3) is 0 Å². The van der Waals surface area contributed by atoms with Gasteiger partial charge in [0.15, 0.2) is 0 Å². The molecule has 1 amide bonds. The Bertz CT molecular complexity index is 255. The van der Waals surface area contributed by atoms with Crippen molar-refractivity contribution in [3.63, 3.8) is 0 Å². The summed E-state index contributed by atoms with van der Waals surface area (Å²) in [5.41, 5.74) is 5.76. The van der Waals surface area contributed by atoms with Crippen LogP contribution in [0.3, 0.4) is 0 Å². The zero-order chi connectivity index (χ0) is 12.9. The summed E-state index contributed by atoms with van der Waals surface area (Å²) in [6.07, 6.45) is 5.19. The van der Waals surface area contributed by atoms with Crippen LogP contribution in [-0.2, 0) is 4.79 Å². The Morgan fingerprint density at radius 3 is 2.71 bits per heavy atom. The van der Waals surface area contributed by atoms with Crippen LogP contribution >= 0.6 is 0 Å². The van der Waals surface area contributed by atoms with Crippen LogP contribution in [0, 0.1) is 5.92 Å². The van der Waals surface area contributed by atoms with E-state index in [1.54, 1.807) is 0 Å². The molecule has 1 rings (SSSR count). The van der Waals surface area contributed by atoms with E-state index in [1.165, 1.54) is 19.3 Å². The Morgan fingerprint density at radius 1 is 1.47 bits per heavy atom. The second kappa shape index (κ2) is 6.36. The predicted octanol–water partition coefficient (Wildman–Crippen LogP) is 0.962. The quantitative estimate of drug-likeness (QED) is 0.754. The van der Waals surface area contributed by atoms with Gasteiger partial charge >= 0.3 is 0 Å². The fourth-order valence-corrected chi connectivity index (χ4v) is 2.62. The van der Waals surface area contributed by atoms with Crippen molar-refractivity contribution in [2.75, 3.05) is 27.2 Å². The van der Waals surface area contributed by atoms with Crippen molar-refractivity contribution in [2.24, 2.45) is 11.7 Å². The van der Waals surface area contributed by atoms with E-state index in [1.807, 2.05) is 19.0 Å². The lowest BCUT2D eigenvalue weighted by molar-refractivity contribution is -0.124. The van der Waals surface area contributed by atoms with Crippen molar-refractivity contribution >= 4 is 5.91 Å². The van der Waals surface area contributed by atoms with Gasteiger partial charge in [0, 0.05) is 19.5 Å². The highest BCUT2D eigenvalue weighted by atomic mass is 16.1. The van der Waals surface area contributed by atoms with E-state index >= 15 is 0 Å². The largest absolute Gasteiger partial charge is 0.349 e. The third-order valence-electron chi connectivity index (χ3n) is 3.99. The van der Waals surface area contributed by atoms with Crippen molar-refractivity contribution in [1.29, 1.82) is 0 Å². The Labute approximate surface area is 105 Å². The molecule has 4 nitrogen and oxygen atoms in total. The van der Waals surface area contributed by atoms with Gasteiger partial charge in [-0.3, -0.25) is 4.79 Å². The fourth-order valence-electron chi connectivity index (χ4n) is 2.62. The Balaban J connectivity index is 2.52. The molecule has 100 valence electrons. The van der Waals surface area contributed by atoms with E-state index in [0.717, 1.165) is 13.0 Å². The molecular weight excluding hydrogens is 214 g/mol.